The second-order valence-corrected chi connectivity index (χ2v) is 10.6. The molecule has 2 aromatic rings. The quantitative estimate of drug-likeness (QED) is 0.622. The monoisotopic (exact) mass is 486 g/mol. The van der Waals surface area contributed by atoms with Crippen LogP contribution in [0.2, 0.25) is 5.02 Å². The molecule has 30 heavy (non-hydrogen) atoms. The Morgan fingerprint density at radius 3 is 1.80 bits per heavy atom. The van der Waals surface area contributed by atoms with Crippen LogP contribution in [0.3, 0.4) is 0 Å². The van der Waals surface area contributed by atoms with Crippen LogP contribution in [-0.4, -0.2) is 51.6 Å². The zero-order valence-corrected chi connectivity index (χ0v) is 17.5. The lowest BCUT2D eigenvalue weighted by Crippen LogP contribution is -2.50. The summed E-state index contributed by atoms with van der Waals surface area (Å²) in [4.78, 5) is -1.26. The summed E-state index contributed by atoms with van der Waals surface area (Å²) in [6, 6.07) is 6.72. The van der Waals surface area contributed by atoms with Gasteiger partial charge in [0.05, 0.1) is 10.6 Å². The molecule has 0 bridgehead atoms. The van der Waals surface area contributed by atoms with E-state index >= 15 is 0 Å². The van der Waals surface area contributed by atoms with Gasteiger partial charge in [-0.1, -0.05) is 23.7 Å². The Morgan fingerprint density at radius 2 is 1.30 bits per heavy atom. The summed E-state index contributed by atoms with van der Waals surface area (Å²) in [7, 11) is -8.61. The van der Waals surface area contributed by atoms with Crippen LogP contribution in [0.15, 0.2) is 52.3 Å². The van der Waals surface area contributed by atoms with Crippen LogP contribution in [0, 0.1) is 5.82 Å². The lowest BCUT2D eigenvalue weighted by molar-refractivity contribution is -0.137. The molecule has 0 aromatic heterocycles. The molecule has 2 aromatic carbocycles. The lowest BCUT2D eigenvalue weighted by atomic mass is 10.2. The Labute approximate surface area is 175 Å². The van der Waals surface area contributed by atoms with Crippen molar-refractivity contribution in [2.75, 3.05) is 26.2 Å². The van der Waals surface area contributed by atoms with E-state index in [0.29, 0.717) is 12.1 Å². The van der Waals surface area contributed by atoms with E-state index in [0.717, 1.165) is 26.8 Å². The third-order valence-electron chi connectivity index (χ3n) is 4.53. The average molecular weight is 487 g/mol. The highest BCUT2D eigenvalue weighted by atomic mass is 35.5. The van der Waals surface area contributed by atoms with E-state index in [1.165, 1.54) is 12.1 Å². The predicted octanol–water partition coefficient (Wildman–Crippen LogP) is 3.19. The van der Waals surface area contributed by atoms with Crippen molar-refractivity contribution >= 4 is 31.6 Å². The molecule has 13 heteroatoms. The number of hydrogen-bond acceptors (Lipinski definition) is 4. The van der Waals surface area contributed by atoms with Crippen LogP contribution >= 0.6 is 11.6 Å². The predicted molar refractivity (Wildman–Crippen MR) is 100 cm³/mol. The molecule has 3 rings (SSSR count). The van der Waals surface area contributed by atoms with E-state index in [2.05, 4.69) is 0 Å². The van der Waals surface area contributed by atoms with Gasteiger partial charge in [-0.15, -0.1) is 0 Å². The highest BCUT2D eigenvalue weighted by Gasteiger charge is 2.37. The summed E-state index contributed by atoms with van der Waals surface area (Å²) in [5.74, 6) is -0.941. The molecule has 0 atom stereocenters. The Morgan fingerprint density at radius 1 is 0.800 bits per heavy atom. The first kappa shape index (κ1) is 22.9. The molecule has 6 nitrogen and oxygen atoms in total. The average Bonchev–Trinajstić information content (AvgIpc) is 2.67. The van der Waals surface area contributed by atoms with Crippen LogP contribution in [0.1, 0.15) is 5.56 Å². The number of hydrogen-bond donors (Lipinski definition) is 0. The number of sulfonamides is 2. The van der Waals surface area contributed by atoms with Gasteiger partial charge in [0.25, 0.3) is 0 Å². The van der Waals surface area contributed by atoms with Crippen LogP contribution in [0.25, 0.3) is 0 Å². The number of piperazine rings is 1. The summed E-state index contributed by atoms with van der Waals surface area (Å²) < 4.78 is 105. The summed E-state index contributed by atoms with van der Waals surface area (Å²) >= 11 is 5.83. The van der Waals surface area contributed by atoms with E-state index in [1.54, 1.807) is 0 Å². The molecule has 0 spiro atoms. The number of alkyl halides is 3. The first-order chi connectivity index (χ1) is 13.8. The normalized spacial score (nSPS) is 17.2. The second kappa shape index (κ2) is 8.08. The molecule has 1 saturated heterocycles. The molecule has 1 fully saturated rings. The van der Waals surface area contributed by atoms with Gasteiger partial charge in [-0.05, 0) is 30.3 Å². The molecule has 0 amide bonds. The molecule has 0 unspecified atom stereocenters. The fraction of sp³-hybridized carbons (Fsp3) is 0.294. The number of rotatable bonds is 4. The smallest absolute Gasteiger partial charge is 0.207 e. The summed E-state index contributed by atoms with van der Waals surface area (Å²) in [5.41, 5.74) is -1.17. The van der Waals surface area contributed by atoms with E-state index in [-0.39, 0.29) is 31.2 Å². The van der Waals surface area contributed by atoms with E-state index in [4.69, 9.17) is 11.6 Å². The van der Waals surface area contributed by atoms with Gasteiger partial charge in [0.2, 0.25) is 20.0 Å². The lowest BCUT2D eigenvalue weighted by Gasteiger charge is -2.33. The zero-order chi connectivity index (χ0) is 22.3. The van der Waals surface area contributed by atoms with E-state index in [9.17, 15) is 34.4 Å². The van der Waals surface area contributed by atoms with Gasteiger partial charge >= 0.3 is 6.18 Å². The molecule has 1 aliphatic rings. The Hall–Kier alpha value is -1.73. The fourth-order valence-electron chi connectivity index (χ4n) is 2.96. The van der Waals surface area contributed by atoms with E-state index < -0.39 is 47.4 Å². The summed E-state index contributed by atoms with van der Waals surface area (Å²) in [6.45, 7) is -1.26. The maximum Gasteiger partial charge on any atom is 0.416 e. The van der Waals surface area contributed by atoms with Crippen molar-refractivity contribution in [2.45, 2.75) is 16.0 Å². The molecule has 1 heterocycles. The van der Waals surface area contributed by atoms with E-state index in [1.807, 2.05) is 0 Å². The highest BCUT2D eigenvalue weighted by molar-refractivity contribution is 7.89. The molecule has 164 valence electrons. The van der Waals surface area contributed by atoms with Crippen molar-refractivity contribution in [3.05, 3.63) is 58.9 Å². The maximum absolute atomic E-state index is 13.9. The Balaban J connectivity index is 1.84. The third kappa shape index (κ3) is 4.33. The van der Waals surface area contributed by atoms with Crippen molar-refractivity contribution in [3.8, 4) is 0 Å². The summed E-state index contributed by atoms with van der Waals surface area (Å²) in [6.07, 6.45) is -4.76. The van der Waals surface area contributed by atoms with Crippen LogP contribution < -0.4 is 0 Å². The fourth-order valence-corrected chi connectivity index (χ4v) is 6.37. The second-order valence-electron chi connectivity index (χ2n) is 6.38. The van der Waals surface area contributed by atoms with Crippen molar-refractivity contribution in [1.29, 1.82) is 0 Å². The van der Waals surface area contributed by atoms with Gasteiger partial charge in [-0.25, -0.2) is 21.2 Å². The van der Waals surface area contributed by atoms with Crippen LogP contribution in [0.5, 0.6) is 0 Å². The first-order valence-corrected chi connectivity index (χ1v) is 11.7. The molecule has 0 aliphatic carbocycles. The maximum atomic E-state index is 13.9. The van der Waals surface area contributed by atoms with Crippen LogP contribution in [0.4, 0.5) is 17.6 Å². The molecule has 0 saturated carbocycles. The number of nitrogens with zero attached hydrogens (tertiary/aromatic N) is 2. The van der Waals surface area contributed by atoms with Gasteiger partial charge in [0.1, 0.15) is 15.6 Å². The zero-order valence-electron chi connectivity index (χ0n) is 15.1. The molecule has 0 N–H and O–H groups in total. The Kier molecular flexibility index (Phi) is 6.18. The Bertz CT molecular complexity index is 1160. The minimum atomic E-state index is -4.76. The number of benzene rings is 2. The third-order valence-corrected chi connectivity index (χ3v) is 8.84. The van der Waals surface area contributed by atoms with Gasteiger partial charge < -0.3 is 0 Å². The first-order valence-electron chi connectivity index (χ1n) is 8.47. The molecular weight excluding hydrogens is 472 g/mol. The van der Waals surface area contributed by atoms with Crippen molar-refractivity contribution < 1.29 is 34.4 Å². The van der Waals surface area contributed by atoms with Crippen molar-refractivity contribution in [3.63, 3.8) is 0 Å². The van der Waals surface area contributed by atoms with Crippen molar-refractivity contribution in [2.24, 2.45) is 0 Å². The van der Waals surface area contributed by atoms with Gasteiger partial charge in [-0.2, -0.15) is 21.8 Å². The van der Waals surface area contributed by atoms with Gasteiger partial charge in [0.15, 0.2) is 0 Å². The largest absolute Gasteiger partial charge is 0.416 e. The molecule has 1 aliphatic heterocycles. The minimum absolute atomic E-state index is 0.299. The standard InChI is InChI=1S/C17H15ClF4N2O4S2/c18-13-6-5-12(17(20,21)22)11-16(13)30(27,28)24-9-7-23(8-10-24)29(25,26)15-4-2-1-3-14(15)19/h1-6,11H,7-10H2. The van der Waals surface area contributed by atoms with Gasteiger partial charge in [0, 0.05) is 26.2 Å². The van der Waals surface area contributed by atoms with Crippen LogP contribution in [-0.2, 0) is 26.2 Å². The van der Waals surface area contributed by atoms with Gasteiger partial charge in [-0.3, -0.25) is 0 Å². The summed E-state index contributed by atoms with van der Waals surface area (Å²) in [5, 5.41) is -0.385. The topological polar surface area (TPSA) is 74.8 Å². The highest BCUT2D eigenvalue weighted by Crippen LogP contribution is 2.34. The molecule has 0 radical (unpaired) electrons. The molecular formula is C17H15ClF4N2O4S2. The number of halogens is 5. The minimum Gasteiger partial charge on any atom is -0.207 e. The SMILES string of the molecule is O=S(=O)(c1ccccc1F)N1CCN(S(=O)(=O)c2cc(C(F)(F)F)ccc2Cl)CC1. The van der Waals surface area contributed by atoms with Crippen molar-refractivity contribution in [1.82, 2.24) is 8.61 Å².